The van der Waals surface area contributed by atoms with E-state index >= 15 is 0 Å². The predicted molar refractivity (Wildman–Crippen MR) is 75.1 cm³/mol. The highest BCUT2D eigenvalue weighted by Gasteiger charge is 2.14. The summed E-state index contributed by atoms with van der Waals surface area (Å²) >= 11 is 1.14. The molecule has 0 aliphatic rings. The largest absolute Gasteiger partial charge is 0.298 e. The molecule has 0 aliphatic carbocycles. The Labute approximate surface area is 123 Å². The standard InChI is InChI=1S/C14H9FN4OS/c15-12-7-4-8-13(11(12)9-20)21-14-16-17-18-19(14)10-5-2-1-3-6-10/h1-9H. The Morgan fingerprint density at radius 3 is 2.67 bits per heavy atom. The number of halogens is 1. The van der Waals surface area contributed by atoms with Gasteiger partial charge in [-0.25, -0.2) is 4.39 Å². The van der Waals surface area contributed by atoms with Crippen LogP contribution in [-0.2, 0) is 0 Å². The summed E-state index contributed by atoms with van der Waals surface area (Å²) in [5, 5.41) is 11.9. The van der Waals surface area contributed by atoms with Crippen molar-refractivity contribution < 1.29 is 9.18 Å². The van der Waals surface area contributed by atoms with Crippen LogP contribution in [0.25, 0.3) is 5.69 Å². The number of rotatable bonds is 4. The van der Waals surface area contributed by atoms with Crippen molar-refractivity contribution in [3.63, 3.8) is 0 Å². The molecule has 5 nitrogen and oxygen atoms in total. The molecular formula is C14H9FN4OS. The van der Waals surface area contributed by atoms with Crippen molar-refractivity contribution in [3.05, 3.63) is 59.9 Å². The normalized spacial score (nSPS) is 10.5. The van der Waals surface area contributed by atoms with Crippen LogP contribution in [0.4, 0.5) is 4.39 Å². The molecule has 0 saturated carbocycles. The average Bonchev–Trinajstić information content (AvgIpc) is 2.97. The van der Waals surface area contributed by atoms with Crippen molar-refractivity contribution in [3.8, 4) is 5.69 Å². The summed E-state index contributed by atoms with van der Waals surface area (Å²) < 4.78 is 15.1. The number of aldehydes is 1. The highest BCUT2D eigenvalue weighted by Crippen LogP contribution is 2.30. The first-order valence-corrected chi connectivity index (χ1v) is 6.86. The Kier molecular flexibility index (Phi) is 3.74. The van der Waals surface area contributed by atoms with Crippen LogP contribution in [0, 0.1) is 5.82 Å². The molecule has 0 unspecified atom stereocenters. The predicted octanol–water partition coefficient (Wildman–Crippen LogP) is 2.77. The molecule has 0 amide bonds. The summed E-state index contributed by atoms with van der Waals surface area (Å²) in [4.78, 5) is 11.5. The van der Waals surface area contributed by atoms with Crippen LogP contribution in [0.5, 0.6) is 0 Å². The van der Waals surface area contributed by atoms with Crippen molar-refractivity contribution in [1.29, 1.82) is 0 Å². The quantitative estimate of drug-likeness (QED) is 0.693. The molecule has 0 bridgehead atoms. The van der Waals surface area contributed by atoms with Crippen LogP contribution < -0.4 is 0 Å². The number of hydrogen-bond donors (Lipinski definition) is 0. The lowest BCUT2D eigenvalue weighted by molar-refractivity contribution is 0.111. The fourth-order valence-corrected chi connectivity index (χ4v) is 2.70. The van der Waals surface area contributed by atoms with Gasteiger partial charge in [0.05, 0.1) is 11.3 Å². The monoisotopic (exact) mass is 300 g/mol. The highest BCUT2D eigenvalue weighted by molar-refractivity contribution is 7.99. The second kappa shape index (κ2) is 5.84. The molecule has 0 N–H and O–H groups in total. The zero-order valence-corrected chi connectivity index (χ0v) is 11.5. The van der Waals surface area contributed by atoms with Crippen LogP contribution in [0.3, 0.4) is 0 Å². The topological polar surface area (TPSA) is 60.7 Å². The maximum atomic E-state index is 13.6. The molecular weight excluding hydrogens is 291 g/mol. The third kappa shape index (κ3) is 2.68. The van der Waals surface area contributed by atoms with Crippen molar-refractivity contribution in [2.75, 3.05) is 0 Å². The first kappa shape index (κ1) is 13.4. The van der Waals surface area contributed by atoms with Gasteiger partial charge in [-0.1, -0.05) is 24.3 Å². The molecule has 0 radical (unpaired) electrons. The number of tetrazole rings is 1. The van der Waals surface area contributed by atoms with Gasteiger partial charge in [0.15, 0.2) is 6.29 Å². The smallest absolute Gasteiger partial charge is 0.218 e. The van der Waals surface area contributed by atoms with Gasteiger partial charge in [-0.15, -0.1) is 5.10 Å². The van der Waals surface area contributed by atoms with Crippen LogP contribution in [-0.4, -0.2) is 26.5 Å². The van der Waals surface area contributed by atoms with Gasteiger partial charge in [-0.2, -0.15) is 4.68 Å². The maximum absolute atomic E-state index is 13.6. The van der Waals surface area contributed by atoms with Gasteiger partial charge in [-0.05, 0) is 46.5 Å². The molecule has 3 rings (SSSR count). The van der Waals surface area contributed by atoms with Crippen molar-refractivity contribution in [2.45, 2.75) is 10.1 Å². The number of carbonyl (C=O) groups is 1. The van der Waals surface area contributed by atoms with Gasteiger partial charge in [0, 0.05) is 4.90 Å². The number of carbonyl (C=O) groups excluding carboxylic acids is 1. The van der Waals surface area contributed by atoms with Crippen molar-refractivity contribution >= 4 is 18.0 Å². The third-order valence-corrected chi connectivity index (χ3v) is 3.79. The Hall–Kier alpha value is -2.54. The van der Waals surface area contributed by atoms with E-state index in [1.165, 1.54) is 10.7 Å². The summed E-state index contributed by atoms with van der Waals surface area (Å²) in [5.74, 6) is -0.561. The number of hydrogen-bond acceptors (Lipinski definition) is 5. The molecule has 1 heterocycles. The summed E-state index contributed by atoms with van der Waals surface area (Å²) in [6.07, 6.45) is 0.494. The lowest BCUT2D eigenvalue weighted by atomic mass is 10.2. The first-order valence-electron chi connectivity index (χ1n) is 6.05. The van der Waals surface area contributed by atoms with E-state index in [0.29, 0.717) is 16.3 Å². The lowest BCUT2D eigenvalue weighted by Crippen LogP contribution is -1.99. The summed E-state index contributed by atoms with van der Waals surface area (Å²) in [7, 11) is 0. The Morgan fingerprint density at radius 1 is 1.10 bits per heavy atom. The lowest BCUT2D eigenvalue weighted by Gasteiger charge is -2.06. The van der Waals surface area contributed by atoms with Crippen LogP contribution in [0.2, 0.25) is 0 Å². The van der Waals surface area contributed by atoms with E-state index in [1.807, 2.05) is 30.3 Å². The molecule has 21 heavy (non-hydrogen) atoms. The van der Waals surface area contributed by atoms with E-state index in [0.717, 1.165) is 17.4 Å². The molecule has 2 aromatic carbocycles. The Balaban J connectivity index is 1.99. The molecule has 7 heteroatoms. The molecule has 0 saturated heterocycles. The van der Waals surface area contributed by atoms with Gasteiger partial charge in [0.25, 0.3) is 0 Å². The van der Waals surface area contributed by atoms with Gasteiger partial charge in [0.2, 0.25) is 5.16 Å². The Morgan fingerprint density at radius 2 is 1.90 bits per heavy atom. The third-order valence-electron chi connectivity index (χ3n) is 2.77. The molecule has 0 atom stereocenters. The zero-order valence-electron chi connectivity index (χ0n) is 10.7. The number of aromatic nitrogens is 4. The average molecular weight is 300 g/mol. The van der Waals surface area contributed by atoms with Crippen LogP contribution in [0.15, 0.2) is 58.6 Å². The zero-order chi connectivity index (χ0) is 14.7. The van der Waals surface area contributed by atoms with E-state index in [4.69, 9.17) is 0 Å². The fraction of sp³-hybridized carbons (Fsp3) is 0. The highest BCUT2D eigenvalue weighted by atomic mass is 32.2. The number of benzene rings is 2. The first-order chi connectivity index (χ1) is 10.3. The van der Waals surface area contributed by atoms with Gasteiger partial charge >= 0.3 is 0 Å². The van der Waals surface area contributed by atoms with Crippen molar-refractivity contribution in [2.24, 2.45) is 0 Å². The second-order valence-electron chi connectivity index (χ2n) is 4.08. The fourth-order valence-electron chi connectivity index (χ4n) is 1.79. The van der Waals surface area contributed by atoms with E-state index in [-0.39, 0.29) is 5.56 Å². The number of para-hydroxylation sites is 1. The number of nitrogens with zero attached hydrogens (tertiary/aromatic N) is 4. The van der Waals surface area contributed by atoms with E-state index in [9.17, 15) is 9.18 Å². The SMILES string of the molecule is O=Cc1c(F)cccc1Sc1nnnn1-c1ccccc1. The molecule has 0 aliphatic heterocycles. The summed E-state index contributed by atoms with van der Waals surface area (Å²) in [6.45, 7) is 0. The maximum Gasteiger partial charge on any atom is 0.218 e. The van der Waals surface area contributed by atoms with E-state index in [1.54, 1.807) is 12.1 Å². The van der Waals surface area contributed by atoms with Crippen LogP contribution >= 0.6 is 11.8 Å². The second-order valence-corrected chi connectivity index (χ2v) is 5.09. The summed E-state index contributed by atoms with van der Waals surface area (Å²) in [6, 6.07) is 13.8. The van der Waals surface area contributed by atoms with E-state index in [2.05, 4.69) is 15.5 Å². The molecule has 104 valence electrons. The summed E-state index contributed by atoms with van der Waals surface area (Å²) in [5.41, 5.74) is 0.791. The molecule has 0 fully saturated rings. The molecule has 3 aromatic rings. The molecule has 1 aromatic heterocycles. The Bertz CT molecular complexity index is 776. The van der Waals surface area contributed by atoms with Crippen LogP contribution in [0.1, 0.15) is 10.4 Å². The minimum atomic E-state index is -0.561. The minimum Gasteiger partial charge on any atom is -0.298 e. The molecule has 0 spiro atoms. The van der Waals surface area contributed by atoms with Gasteiger partial charge in [0.1, 0.15) is 5.82 Å². The van der Waals surface area contributed by atoms with Crippen molar-refractivity contribution in [1.82, 2.24) is 20.2 Å². The van der Waals surface area contributed by atoms with Gasteiger partial charge < -0.3 is 0 Å². The van der Waals surface area contributed by atoms with E-state index < -0.39 is 5.82 Å². The minimum absolute atomic E-state index is 0.00473. The van der Waals surface area contributed by atoms with Gasteiger partial charge in [-0.3, -0.25) is 4.79 Å².